The van der Waals surface area contributed by atoms with Crippen LogP contribution in [0, 0.1) is 5.92 Å². The second kappa shape index (κ2) is 4.36. The number of aliphatic hydroxyl groups excluding tert-OH is 1. The van der Waals surface area contributed by atoms with Crippen LogP contribution in [0.1, 0.15) is 30.4 Å². The van der Waals surface area contributed by atoms with Crippen LogP contribution in [-0.4, -0.2) is 36.4 Å². The van der Waals surface area contributed by atoms with Crippen molar-refractivity contribution in [3.8, 4) is 5.75 Å². The van der Waals surface area contributed by atoms with E-state index >= 15 is 0 Å². The van der Waals surface area contributed by atoms with E-state index in [-0.39, 0.29) is 17.6 Å². The van der Waals surface area contributed by atoms with Crippen LogP contribution in [0.3, 0.4) is 0 Å². The zero-order valence-electron chi connectivity index (χ0n) is 12.9. The average molecular weight is 298 g/mol. The summed E-state index contributed by atoms with van der Waals surface area (Å²) in [7, 11) is 0. The summed E-state index contributed by atoms with van der Waals surface area (Å²) in [5, 5.41) is 10.6. The summed E-state index contributed by atoms with van der Waals surface area (Å²) < 4.78 is 6.31. The lowest BCUT2D eigenvalue weighted by Gasteiger charge is -2.56. The molecule has 5 rings (SSSR count). The van der Waals surface area contributed by atoms with E-state index in [0.29, 0.717) is 12.0 Å². The molecule has 2 N–H and O–H groups in total. The Morgan fingerprint density at radius 1 is 1.41 bits per heavy atom. The minimum atomic E-state index is -0.309. The number of hydrogen-bond acceptors (Lipinski definition) is 2. The Morgan fingerprint density at radius 2 is 2.32 bits per heavy atom. The summed E-state index contributed by atoms with van der Waals surface area (Å²) in [6, 6.07) is 7.18. The fourth-order valence-corrected chi connectivity index (χ4v) is 6.15. The van der Waals surface area contributed by atoms with E-state index in [1.54, 1.807) is 4.90 Å². The monoisotopic (exact) mass is 298 g/mol. The number of quaternary nitrogens is 1. The van der Waals surface area contributed by atoms with Gasteiger partial charge in [0, 0.05) is 24.3 Å². The van der Waals surface area contributed by atoms with Crippen molar-refractivity contribution in [2.45, 2.75) is 49.3 Å². The summed E-state index contributed by atoms with van der Waals surface area (Å²) in [5.41, 5.74) is 3.01. The van der Waals surface area contributed by atoms with Crippen LogP contribution in [-0.2, 0) is 11.8 Å². The Morgan fingerprint density at radius 3 is 3.18 bits per heavy atom. The molecule has 3 heteroatoms. The maximum atomic E-state index is 10.6. The minimum absolute atomic E-state index is 0.0181. The lowest BCUT2D eigenvalue weighted by atomic mass is 9.51. The maximum Gasteiger partial charge on any atom is 0.135 e. The number of aliphatic hydroxyl groups is 1. The summed E-state index contributed by atoms with van der Waals surface area (Å²) in [6.45, 7) is 6.19. The maximum absolute atomic E-state index is 10.6. The fourth-order valence-electron chi connectivity index (χ4n) is 6.15. The van der Waals surface area contributed by atoms with Crippen LogP contribution in [0.15, 0.2) is 30.9 Å². The van der Waals surface area contributed by atoms with Gasteiger partial charge in [0.15, 0.2) is 0 Å². The number of ether oxygens (including phenoxy) is 1. The molecule has 1 aromatic carbocycles. The second-order valence-electron chi connectivity index (χ2n) is 7.58. The first-order valence-corrected chi connectivity index (χ1v) is 8.68. The van der Waals surface area contributed by atoms with Crippen molar-refractivity contribution in [3.05, 3.63) is 42.0 Å². The van der Waals surface area contributed by atoms with Crippen molar-refractivity contribution in [2.24, 2.45) is 5.92 Å². The molecule has 2 heterocycles. The summed E-state index contributed by atoms with van der Waals surface area (Å²) in [6.07, 6.45) is 6.07. The molecule has 3 nitrogen and oxygen atoms in total. The molecule has 6 unspecified atom stereocenters. The first-order chi connectivity index (χ1) is 10.8. The van der Waals surface area contributed by atoms with E-state index in [1.165, 1.54) is 17.7 Å². The van der Waals surface area contributed by atoms with Crippen molar-refractivity contribution < 1.29 is 14.7 Å². The first kappa shape index (κ1) is 13.1. The molecule has 1 saturated carbocycles. The predicted molar refractivity (Wildman–Crippen MR) is 84.3 cm³/mol. The number of hydrogen-bond donors (Lipinski definition) is 2. The normalized spacial score (nSPS) is 44.1. The van der Waals surface area contributed by atoms with Crippen molar-refractivity contribution in [1.29, 1.82) is 0 Å². The van der Waals surface area contributed by atoms with Crippen LogP contribution in [0.5, 0.6) is 5.75 Å². The summed E-state index contributed by atoms with van der Waals surface area (Å²) in [4.78, 5) is 1.68. The molecule has 2 aliphatic carbocycles. The minimum Gasteiger partial charge on any atom is -0.486 e. The molecule has 0 radical (unpaired) electrons. The summed E-state index contributed by atoms with van der Waals surface area (Å²) in [5.74, 6) is 1.71. The van der Waals surface area contributed by atoms with Gasteiger partial charge in [0.25, 0.3) is 0 Å². The van der Waals surface area contributed by atoms with E-state index < -0.39 is 0 Å². The SMILES string of the molecule is C=CC[NH+]1CCC23c4c5cccc4OC2C(O)CCC3C1C5. The highest BCUT2D eigenvalue weighted by Gasteiger charge is 2.66. The lowest BCUT2D eigenvalue weighted by Crippen LogP contribution is -3.19. The molecule has 4 aliphatic rings. The number of likely N-dealkylation sites (tertiary alicyclic amines) is 1. The van der Waals surface area contributed by atoms with E-state index in [4.69, 9.17) is 4.74 Å². The molecule has 2 fully saturated rings. The molecule has 0 amide bonds. The summed E-state index contributed by atoms with van der Waals surface area (Å²) >= 11 is 0. The topological polar surface area (TPSA) is 33.9 Å². The van der Waals surface area contributed by atoms with Gasteiger partial charge in [0.05, 0.1) is 30.7 Å². The molecule has 0 aromatic heterocycles. The van der Waals surface area contributed by atoms with Gasteiger partial charge >= 0.3 is 0 Å². The van der Waals surface area contributed by atoms with Gasteiger partial charge in [0.1, 0.15) is 11.9 Å². The molecule has 1 aromatic rings. The number of piperidine rings is 1. The van der Waals surface area contributed by atoms with Crippen molar-refractivity contribution in [2.75, 3.05) is 13.1 Å². The smallest absolute Gasteiger partial charge is 0.135 e. The quantitative estimate of drug-likeness (QED) is 0.794. The van der Waals surface area contributed by atoms with Crippen LogP contribution >= 0.6 is 0 Å². The van der Waals surface area contributed by atoms with E-state index in [0.717, 1.165) is 38.0 Å². The Bertz CT molecular complexity index is 642. The lowest BCUT2D eigenvalue weighted by molar-refractivity contribution is -0.932. The van der Waals surface area contributed by atoms with Gasteiger partial charge < -0.3 is 14.7 Å². The molecule has 1 spiro atoms. The largest absolute Gasteiger partial charge is 0.486 e. The van der Waals surface area contributed by atoms with Crippen LogP contribution in [0.2, 0.25) is 0 Å². The van der Waals surface area contributed by atoms with Crippen LogP contribution in [0.25, 0.3) is 0 Å². The van der Waals surface area contributed by atoms with Crippen molar-refractivity contribution >= 4 is 0 Å². The van der Waals surface area contributed by atoms with Gasteiger partial charge in [0.2, 0.25) is 0 Å². The molecule has 116 valence electrons. The Kier molecular flexibility index (Phi) is 2.61. The Balaban J connectivity index is 1.71. The average Bonchev–Trinajstić information content (AvgIpc) is 2.86. The van der Waals surface area contributed by atoms with Gasteiger partial charge in [-0.15, -0.1) is 0 Å². The fraction of sp³-hybridized carbons (Fsp3) is 0.579. The van der Waals surface area contributed by atoms with Crippen LogP contribution < -0.4 is 9.64 Å². The third-order valence-corrected chi connectivity index (χ3v) is 6.84. The molecule has 2 bridgehead atoms. The number of nitrogens with one attached hydrogen (secondary N) is 1. The first-order valence-electron chi connectivity index (χ1n) is 8.68. The second-order valence-corrected chi connectivity index (χ2v) is 7.58. The van der Waals surface area contributed by atoms with E-state index in [9.17, 15) is 5.11 Å². The standard InChI is InChI=1S/C19H23NO2/c1-2-9-20-10-8-19-13-6-7-15(21)18(19)22-16-5-3-4-12(17(16)19)11-14(13)20/h2-5,13-15,18,21H,1,6-11H2/p+1. The van der Waals surface area contributed by atoms with Crippen molar-refractivity contribution in [1.82, 2.24) is 0 Å². The van der Waals surface area contributed by atoms with Crippen molar-refractivity contribution in [3.63, 3.8) is 0 Å². The molecule has 22 heavy (non-hydrogen) atoms. The van der Waals surface area contributed by atoms with Gasteiger partial charge in [-0.25, -0.2) is 0 Å². The van der Waals surface area contributed by atoms with Gasteiger partial charge in [-0.2, -0.15) is 0 Å². The van der Waals surface area contributed by atoms with Crippen LogP contribution in [0.4, 0.5) is 0 Å². The molecule has 1 saturated heterocycles. The third-order valence-electron chi connectivity index (χ3n) is 6.84. The highest BCUT2D eigenvalue weighted by atomic mass is 16.5. The van der Waals surface area contributed by atoms with E-state index in [1.807, 2.05) is 0 Å². The van der Waals surface area contributed by atoms with Gasteiger partial charge in [-0.3, -0.25) is 0 Å². The van der Waals surface area contributed by atoms with Gasteiger partial charge in [-0.05, 0) is 30.5 Å². The highest BCUT2D eigenvalue weighted by molar-refractivity contribution is 5.54. The molecule has 6 atom stereocenters. The highest BCUT2D eigenvalue weighted by Crippen LogP contribution is 2.60. The Labute approximate surface area is 131 Å². The molecular weight excluding hydrogens is 274 g/mol. The third kappa shape index (κ3) is 1.40. The molecular formula is C19H24NO2+. The molecule has 2 aliphatic heterocycles. The number of benzene rings is 1. The Hall–Kier alpha value is -1.32. The zero-order valence-corrected chi connectivity index (χ0v) is 12.9. The zero-order chi connectivity index (χ0) is 14.9. The predicted octanol–water partition coefficient (Wildman–Crippen LogP) is 0.856. The van der Waals surface area contributed by atoms with E-state index in [2.05, 4.69) is 30.9 Å². The number of rotatable bonds is 2. The van der Waals surface area contributed by atoms with Gasteiger partial charge in [-0.1, -0.05) is 18.7 Å².